The van der Waals surface area contributed by atoms with E-state index in [2.05, 4.69) is 10.3 Å². The van der Waals surface area contributed by atoms with E-state index in [-0.39, 0.29) is 17.3 Å². The van der Waals surface area contributed by atoms with Crippen LogP contribution in [0, 0.1) is 22.0 Å². The lowest BCUT2D eigenvalue weighted by Gasteiger charge is -2.30. The lowest BCUT2D eigenvalue weighted by Crippen LogP contribution is -2.35. The Morgan fingerprint density at radius 3 is 2.75 bits per heavy atom. The second kappa shape index (κ2) is 6.74. The molecule has 1 heterocycles. The lowest BCUT2D eigenvalue weighted by molar-refractivity contribution is -0.384. The summed E-state index contributed by atoms with van der Waals surface area (Å²) in [6, 6.07) is 1.25. The van der Waals surface area contributed by atoms with Crippen LogP contribution < -0.4 is 5.32 Å². The molecule has 2 N–H and O–H groups in total. The Balaban J connectivity index is 1.89. The molecule has 20 heavy (non-hydrogen) atoms. The van der Waals surface area contributed by atoms with Crippen molar-refractivity contribution in [3.8, 4) is 0 Å². The maximum absolute atomic E-state index is 11.9. The molecule has 1 aliphatic carbocycles. The topological polar surface area (TPSA) is 88.0 Å². The summed E-state index contributed by atoms with van der Waals surface area (Å²) in [6.07, 6.45) is 5.77. The number of alkyl halides is 1. The van der Waals surface area contributed by atoms with Crippen molar-refractivity contribution in [1.82, 2.24) is 10.3 Å². The maximum Gasteiger partial charge on any atom is 0.287 e. The molecule has 110 valence electrons. The fourth-order valence-corrected chi connectivity index (χ4v) is 3.10. The molecule has 2 unspecified atom stereocenters. The maximum atomic E-state index is 11.9. The number of carbonyl (C=O) groups excluding carboxylic acids is 1. The number of halogens is 1. The minimum absolute atomic E-state index is 0.105. The molecule has 0 spiro atoms. The van der Waals surface area contributed by atoms with E-state index in [1.165, 1.54) is 25.1 Å². The molecule has 1 fully saturated rings. The molecule has 1 saturated carbocycles. The molecular weight excluding hydrogens is 282 g/mol. The van der Waals surface area contributed by atoms with Crippen LogP contribution in [0.25, 0.3) is 0 Å². The van der Waals surface area contributed by atoms with E-state index in [0.717, 1.165) is 12.8 Å². The van der Waals surface area contributed by atoms with Gasteiger partial charge in [-0.3, -0.25) is 14.9 Å². The zero-order chi connectivity index (χ0) is 14.5. The molecule has 7 heteroatoms. The molecular formula is C13H18ClN3O3. The Morgan fingerprint density at radius 2 is 2.15 bits per heavy atom. The zero-order valence-corrected chi connectivity index (χ0v) is 11.9. The first-order chi connectivity index (χ1) is 9.61. The van der Waals surface area contributed by atoms with Crippen LogP contribution in [0.5, 0.6) is 0 Å². The number of rotatable bonds is 5. The van der Waals surface area contributed by atoms with Crippen LogP contribution in [0.1, 0.15) is 36.2 Å². The average Bonchev–Trinajstić information content (AvgIpc) is 2.95. The Kier molecular flexibility index (Phi) is 5.00. The monoisotopic (exact) mass is 299 g/mol. The SMILES string of the molecule is O=C(NCC1CCCCC1CCl)c1cc([N+](=O)[O-])c[nH]1. The highest BCUT2D eigenvalue weighted by Crippen LogP contribution is 2.30. The molecule has 0 bridgehead atoms. The second-order valence-corrected chi connectivity index (χ2v) is 5.51. The Labute approximate surface area is 122 Å². The second-order valence-electron chi connectivity index (χ2n) is 5.20. The minimum Gasteiger partial charge on any atom is -0.351 e. The number of amides is 1. The summed E-state index contributed by atoms with van der Waals surface area (Å²) < 4.78 is 0. The number of nitrogens with one attached hydrogen (secondary N) is 2. The summed E-state index contributed by atoms with van der Waals surface area (Å²) in [4.78, 5) is 24.6. The molecule has 0 aromatic carbocycles. The summed E-state index contributed by atoms with van der Waals surface area (Å²) >= 11 is 5.95. The third-order valence-corrected chi connectivity index (χ3v) is 4.31. The van der Waals surface area contributed by atoms with Crippen molar-refractivity contribution in [2.75, 3.05) is 12.4 Å². The van der Waals surface area contributed by atoms with Crippen molar-refractivity contribution >= 4 is 23.2 Å². The van der Waals surface area contributed by atoms with Gasteiger partial charge in [-0.25, -0.2) is 0 Å². The minimum atomic E-state index is -0.530. The Hall–Kier alpha value is -1.56. The van der Waals surface area contributed by atoms with Crippen LogP contribution in [0.3, 0.4) is 0 Å². The van der Waals surface area contributed by atoms with E-state index in [1.807, 2.05) is 0 Å². The molecule has 2 atom stereocenters. The number of hydrogen-bond acceptors (Lipinski definition) is 3. The predicted octanol–water partition coefficient (Wildman–Crippen LogP) is 2.70. The molecule has 1 aromatic rings. The number of aromatic nitrogens is 1. The van der Waals surface area contributed by atoms with Gasteiger partial charge in [0.1, 0.15) is 5.69 Å². The van der Waals surface area contributed by atoms with Crippen LogP contribution in [-0.4, -0.2) is 28.2 Å². The number of aromatic amines is 1. The van der Waals surface area contributed by atoms with E-state index < -0.39 is 4.92 Å². The van der Waals surface area contributed by atoms with Gasteiger partial charge in [0.2, 0.25) is 0 Å². The fraction of sp³-hybridized carbons (Fsp3) is 0.615. The number of nitro groups is 1. The third kappa shape index (κ3) is 3.50. The van der Waals surface area contributed by atoms with Gasteiger partial charge in [0.15, 0.2) is 0 Å². The molecule has 0 aliphatic heterocycles. The first-order valence-corrected chi connectivity index (χ1v) is 7.32. The van der Waals surface area contributed by atoms with Crippen LogP contribution >= 0.6 is 11.6 Å². The van der Waals surface area contributed by atoms with Gasteiger partial charge in [0.05, 0.1) is 11.1 Å². The van der Waals surface area contributed by atoms with Gasteiger partial charge >= 0.3 is 0 Å². The van der Waals surface area contributed by atoms with Gasteiger partial charge in [0, 0.05) is 18.5 Å². The highest BCUT2D eigenvalue weighted by molar-refractivity contribution is 6.18. The van der Waals surface area contributed by atoms with Gasteiger partial charge in [-0.2, -0.15) is 0 Å². The van der Waals surface area contributed by atoms with E-state index in [4.69, 9.17) is 11.6 Å². The highest BCUT2D eigenvalue weighted by atomic mass is 35.5. The van der Waals surface area contributed by atoms with E-state index >= 15 is 0 Å². The molecule has 6 nitrogen and oxygen atoms in total. The number of H-pyrrole nitrogens is 1. The predicted molar refractivity (Wildman–Crippen MR) is 75.9 cm³/mol. The van der Waals surface area contributed by atoms with E-state index in [0.29, 0.717) is 24.3 Å². The summed E-state index contributed by atoms with van der Waals surface area (Å²) in [5, 5.41) is 13.4. The smallest absolute Gasteiger partial charge is 0.287 e. The molecule has 2 rings (SSSR count). The molecule has 1 aliphatic rings. The number of carbonyl (C=O) groups is 1. The summed E-state index contributed by atoms with van der Waals surface area (Å²) in [7, 11) is 0. The number of nitrogens with zero attached hydrogens (tertiary/aromatic N) is 1. The fourth-order valence-electron chi connectivity index (χ4n) is 2.69. The standard InChI is InChI=1S/C13H18ClN3O3/c14-6-9-3-1-2-4-10(9)7-16-13(18)12-5-11(8-15-12)17(19)20/h5,8-10,15H,1-4,6-7H2,(H,16,18). The van der Waals surface area contributed by atoms with Gasteiger partial charge in [0.25, 0.3) is 11.6 Å². The lowest BCUT2D eigenvalue weighted by atomic mass is 9.80. The summed E-state index contributed by atoms with van der Waals surface area (Å²) in [5.41, 5.74) is 0.112. The van der Waals surface area contributed by atoms with E-state index in [9.17, 15) is 14.9 Å². The van der Waals surface area contributed by atoms with Crippen LogP contribution in [-0.2, 0) is 0 Å². The van der Waals surface area contributed by atoms with Gasteiger partial charge in [-0.05, 0) is 24.7 Å². The Morgan fingerprint density at radius 1 is 1.45 bits per heavy atom. The van der Waals surface area contributed by atoms with E-state index in [1.54, 1.807) is 0 Å². The first-order valence-electron chi connectivity index (χ1n) is 6.78. The molecule has 0 saturated heterocycles. The summed E-state index contributed by atoms with van der Waals surface area (Å²) in [6.45, 7) is 0.572. The van der Waals surface area contributed by atoms with Gasteiger partial charge in [-0.15, -0.1) is 11.6 Å². The highest BCUT2D eigenvalue weighted by Gasteiger charge is 2.25. The van der Waals surface area contributed by atoms with Crippen molar-refractivity contribution in [3.63, 3.8) is 0 Å². The van der Waals surface area contributed by atoms with Crippen LogP contribution in [0.4, 0.5) is 5.69 Å². The third-order valence-electron chi connectivity index (χ3n) is 3.91. The van der Waals surface area contributed by atoms with Gasteiger partial charge in [-0.1, -0.05) is 12.8 Å². The van der Waals surface area contributed by atoms with Crippen molar-refractivity contribution in [2.24, 2.45) is 11.8 Å². The molecule has 0 radical (unpaired) electrons. The quantitative estimate of drug-likeness (QED) is 0.498. The molecule has 1 aromatic heterocycles. The first kappa shape index (κ1) is 14.8. The zero-order valence-electron chi connectivity index (χ0n) is 11.1. The van der Waals surface area contributed by atoms with Crippen LogP contribution in [0.2, 0.25) is 0 Å². The normalized spacial score (nSPS) is 22.4. The molecule has 1 amide bonds. The van der Waals surface area contributed by atoms with Gasteiger partial charge < -0.3 is 10.3 Å². The van der Waals surface area contributed by atoms with Crippen LogP contribution in [0.15, 0.2) is 12.3 Å². The summed E-state index contributed by atoms with van der Waals surface area (Å²) in [5.74, 6) is 1.16. The average molecular weight is 300 g/mol. The van der Waals surface area contributed by atoms with Crippen molar-refractivity contribution < 1.29 is 9.72 Å². The Bertz CT molecular complexity index is 489. The van der Waals surface area contributed by atoms with Crippen molar-refractivity contribution in [3.05, 3.63) is 28.1 Å². The largest absolute Gasteiger partial charge is 0.351 e. The number of hydrogen-bond donors (Lipinski definition) is 2. The van der Waals surface area contributed by atoms with Crippen molar-refractivity contribution in [2.45, 2.75) is 25.7 Å². The van der Waals surface area contributed by atoms with Crippen molar-refractivity contribution in [1.29, 1.82) is 0 Å².